The quantitative estimate of drug-likeness (QED) is 0.283. The van der Waals surface area contributed by atoms with Gasteiger partial charge in [-0.2, -0.15) is 0 Å². The number of anilines is 3. The second-order valence-corrected chi connectivity index (χ2v) is 11.0. The van der Waals surface area contributed by atoms with Crippen LogP contribution in [0.25, 0.3) is 10.9 Å². The van der Waals surface area contributed by atoms with Crippen LogP contribution in [0.1, 0.15) is 30.5 Å². The largest absolute Gasteiger partial charge is 0.361 e. The smallest absolute Gasteiger partial charge is 0.250 e. The number of hydrogen-bond donors (Lipinski definition) is 4. The number of para-hydroxylation sites is 2. The number of amides is 4. The molecule has 0 aliphatic carbocycles. The Morgan fingerprint density at radius 3 is 2.49 bits per heavy atom. The Labute approximate surface area is 236 Å². The summed E-state index contributed by atoms with van der Waals surface area (Å²) in [5.41, 5.74) is 4.00. The van der Waals surface area contributed by atoms with Crippen molar-refractivity contribution in [3.63, 3.8) is 0 Å². The molecule has 4 N–H and O–H groups in total. The number of imide groups is 1. The van der Waals surface area contributed by atoms with E-state index in [-0.39, 0.29) is 17.7 Å². The number of hydrogen-bond acceptors (Lipinski definition) is 5. The molecule has 3 aliphatic heterocycles. The Morgan fingerprint density at radius 1 is 0.951 bits per heavy atom. The van der Waals surface area contributed by atoms with E-state index in [1.165, 1.54) is 11.8 Å². The maximum atomic E-state index is 14.3. The highest BCUT2D eigenvalue weighted by molar-refractivity contribution is 6.26. The summed E-state index contributed by atoms with van der Waals surface area (Å²) in [4.78, 5) is 58.5. The summed E-state index contributed by atoms with van der Waals surface area (Å²) in [6, 6.07) is 19.9. The fourth-order valence-corrected chi connectivity index (χ4v) is 7.05. The number of carbonyl (C=O) groups is 4. The first-order valence-corrected chi connectivity index (χ1v) is 13.9. The molecule has 9 heteroatoms. The molecule has 3 aromatic carbocycles. The number of carbonyl (C=O) groups excluding carboxylic acids is 4. The summed E-state index contributed by atoms with van der Waals surface area (Å²) in [5, 5.41) is 10.4. The maximum absolute atomic E-state index is 14.3. The number of benzene rings is 3. The van der Waals surface area contributed by atoms with Crippen molar-refractivity contribution >= 4 is 51.6 Å². The molecule has 1 aromatic heterocycles. The number of fused-ring (bicyclic) bond motifs is 5. The summed E-state index contributed by atoms with van der Waals surface area (Å²) < 4.78 is 0. The Balaban J connectivity index is 1.34. The molecule has 4 aromatic rings. The summed E-state index contributed by atoms with van der Waals surface area (Å²) >= 11 is 0. The second kappa shape index (κ2) is 9.14. The van der Waals surface area contributed by atoms with E-state index in [1.54, 1.807) is 24.3 Å². The van der Waals surface area contributed by atoms with Crippen LogP contribution in [0.2, 0.25) is 0 Å². The molecular weight excluding hydrogens is 518 g/mol. The van der Waals surface area contributed by atoms with Crippen LogP contribution in [0.5, 0.6) is 0 Å². The van der Waals surface area contributed by atoms with Crippen LogP contribution in [0, 0.1) is 11.8 Å². The number of nitrogens with zero attached hydrogens (tertiary/aromatic N) is 1. The number of aromatic amines is 1. The predicted molar refractivity (Wildman–Crippen MR) is 155 cm³/mol. The fraction of sp³-hybridized carbons (Fsp3) is 0.250. The summed E-state index contributed by atoms with van der Waals surface area (Å²) in [7, 11) is 0. The highest BCUT2D eigenvalue weighted by Gasteiger charge is 2.70. The zero-order chi connectivity index (χ0) is 28.5. The highest BCUT2D eigenvalue weighted by Crippen LogP contribution is 2.54. The van der Waals surface area contributed by atoms with Crippen molar-refractivity contribution in [1.29, 1.82) is 0 Å². The van der Waals surface area contributed by atoms with Gasteiger partial charge in [-0.15, -0.1) is 0 Å². The van der Waals surface area contributed by atoms with Crippen molar-refractivity contribution in [2.75, 3.05) is 15.5 Å². The summed E-state index contributed by atoms with van der Waals surface area (Å²) in [5.74, 6) is -2.96. The lowest BCUT2D eigenvalue weighted by molar-refractivity contribution is -0.130. The monoisotopic (exact) mass is 547 g/mol. The van der Waals surface area contributed by atoms with Crippen LogP contribution in [-0.2, 0) is 37.6 Å². The minimum atomic E-state index is -1.38. The van der Waals surface area contributed by atoms with Crippen LogP contribution in [0.4, 0.5) is 17.1 Å². The fourth-order valence-electron chi connectivity index (χ4n) is 7.05. The summed E-state index contributed by atoms with van der Waals surface area (Å²) in [6.07, 6.45) is 3.10. The third-order valence-corrected chi connectivity index (χ3v) is 8.78. The van der Waals surface area contributed by atoms with E-state index in [9.17, 15) is 19.2 Å². The molecule has 0 radical (unpaired) electrons. The SMILES string of the molecule is CCc1cccc2c1NC(=O)[C@@]21N[C@H](Cc2c[nH]c3ccccc23)[C@@H]2C(=O)N(c3ccc(NC(C)=O)cc3)C(=O)[C@@H]21. The average molecular weight is 548 g/mol. The average Bonchev–Trinajstić information content (AvgIpc) is 3.67. The number of aryl methyl sites for hydroxylation is 1. The molecule has 0 saturated carbocycles. The van der Waals surface area contributed by atoms with Gasteiger partial charge >= 0.3 is 0 Å². The van der Waals surface area contributed by atoms with Gasteiger partial charge in [-0.05, 0) is 54.3 Å². The van der Waals surface area contributed by atoms with Gasteiger partial charge in [0.2, 0.25) is 23.6 Å². The molecule has 2 fully saturated rings. The third kappa shape index (κ3) is 3.58. The van der Waals surface area contributed by atoms with Crippen molar-refractivity contribution in [2.24, 2.45) is 11.8 Å². The van der Waals surface area contributed by atoms with E-state index in [0.717, 1.165) is 27.7 Å². The molecule has 206 valence electrons. The molecule has 41 heavy (non-hydrogen) atoms. The number of aromatic nitrogens is 1. The van der Waals surface area contributed by atoms with Crippen molar-refractivity contribution < 1.29 is 19.2 Å². The van der Waals surface area contributed by atoms with E-state index in [0.29, 0.717) is 29.8 Å². The van der Waals surface area contributed by atoms with E-state index in [1.807, 2.05) is 55.6 Å². The normalized spacial score (nSPS) is 24.7. The molecule has 2 saturated heterocycles. The zero-order valence-corrected chi connectivity index (χ0v) is 22.7. The molecule has 0 bridgehead atoms. The lowest BCUT2D eigenvalue weighted by atomic mass is 9.76. The Hall–Kier alpha value is -4.76. The summed E-state index contributed by atoms with van der Waals surface area (Å²) in [6.45, 7) is 3.44. The van der Waals surface area contributed by atoms with Crippen LogP contribution >= 0.6 is 0 Å². The molecule has 7 rings (SSSR count). The molecule has 4 heterocycles. The first kappa shape index (κ1) is 25.2. The van der Waals surface area contributed by atoms with Crippen molar-refractivity contribution in [3.8, 4) is 0 Å². The van der Waals surface area contributed by atoms with Gasteiger partial charge in [0.1, 0.15) is 5.54 Å². The molecule has 4 amide bonds. The van der Waals surface area contributed by atoms with Gasteiger partial charge in [0.25, 0.3) is 0 Å². The Morgan fingerprint density at radius 2 is 1.73 bits per heavy atom. The standard InChI is InChI=1S/C32H29N5O4/c1-3-18-7-6-9-23-28(18)35-31(41)32(23)27-26(25(36-32)15-19-16-33-24-10-5-4-8-22(19)24)29(39)37(30(27)40)21-13-11-20(12-14-21)34-17(2)38/h4-14,16,25-27,33,36H,3,15H2,1-2H3,(H,34,38)(H,35,41)/t25-,26+,27-,32-/m1/s1. The topological polar surface area (TPSA) is 123 Å². The maximum Gasteiger partial charge on any atom is 0.250 e. The van der Waals surface area contributed by atoms with Gasteiger partial charge in [-0.1, -0.05) is 43.3 Å². The highest BCUT2D eigenvalue weighted by atomic mass is 16.2. The number of nitrogens with one attached hydrogen (secondary N) is 4. The van der Waals surface area contributed by atoms with E-state index < -0.39 is 29.3 Å². The molecule has 0 unspecified atom stereocenters. The zero-order valence-electron chi connectivity index (χ0n) is 22.7. The van der Waals surface area contributed by atoms with Gasteiger partial charge in [0, 0.05) is 47.0 Å². The number of rotatable bonds is 5. The minimum Gasteiger partial charge on any atom is -0.361 e. The molecule has 4 atom stereocenters. The Bertz CT molecular complexity index is 1760. The van der Waals surface area contributed by atoms with Crippen LogP contribution < -0.4 is 20.9 Å². The van der Waals surface area contributed by atoms with Gasteiger partial charge in [-0.3, -0.25) is 24.5 Å². The van der Waals surface area contributed by atoms with Gasteiger partial charge in [-0.25, -0.2) is 4.90 Å². The number of H-pyrrole nitrogens is 1. The van der Waals surface area contributed by atoms with Gasteiger partial charge in [0.05, 0.1) is 17.5 Å². The molecular formula is C32H29N5O4. The van der Waals surface area contributed by atoms with Crippen molar-refractivity contribution in [3.05, 3.63) is 89.6 Å². The van der Waals surface area contributed by atoms with Crippen molar-refractivity contribution in [2.45, 2.75) is 38.3 Å². The van der Waals surface area contributed by atoms with E-state index >= 15 is 0 Å². The first-order valence-electron chi connectivity index (χ1n) is 13.9. The van der Waals surface area contributed by atoms with Gasteiger partial charge in [0.15, 0.2) is 0 Å². The van der Waals surface area contributed by atoms with Crippen molar-refractivity contribution in [1.82, 2.24) is 10.3 Å². The lowest BCUT2D eigenvalue weighted by Crippen LogP contribution is -2.53. The molecule has 3 aliphatic rings. The molecule has 9 nitrogen and oxygen atoms in total. The van der Waals surface area contributed by atoms with Gasteiger partial charge < -0.3 is 15.6 Å². The third-order valence-electron chi connectivity index (χ3n) is 8.78. The van der Waals surface area contributed by atoms with Crippen LogP contribution in [0.3, 0.4) is 0 Å². The predicted octanol–water partition coefficient (Wildman–Crippen LogP) is 3.86. The van der Waals surface area contributed by atoms with Crippen LogP contribution in [-0.4, -0.2) is 34.7 Å². The van der Waals surface area contributed by atoms with E-state index in [2.05, 4.69) is 20.9 Å². The lowest BCUT2D eigenvalue weighted by Gasteiger charge is -2.29. The molecule has 1 spiro atoms. The minimum absolute atomic E-state index is 0.217. The Kier molecular flexibility index (Phi) is 5.62. The first-order chi connectivity index (χ1) is 19.8. The van der Waals surface area contributed by atoms with Crippen LogP contribution in [0.15, 0.2) is 72.9 Å². The second-order valence-electron chi connectivity index (χ2n) is 11.0. The van der Waals surface area contributed by atoms with E-state index in [4.69, 9.17) is 0 Å².